The molecule has 1 amide bonds. The van der Waals surface area contributed by atoms with Crippen LogP contribution in [0.1, 0.15) is 35.2 Å². The Morgan fingerprint density at radius 2 is 2.00 bits per heavy atom. The van der Waals surface area contributed by atoms with Crippen molar-refractivity contribution in [3.8, 4) is 0 Å². The molecule has 7 heteroatoms. The van der Waals surface area contributed by atoms with E-state index in [1.54, 1.807) is 17.0 Å². The molecule has 7 nitrogen and oxygen atoms in total. The molecule has 1 fully saturated rings. The number of hydrogen-bond acceptors (Lipinski definition) is 5. The van der Waals surface area contributed by atoms with Gasteiger partial charge >= 0.3 is 0 Å². The number of piperidine rings is 1. The van der Waals surface area contributed by atoms with E-state index in [1.807, 2.05) is 30.3 Å². The van der Waals surface area contributed by atoms with Crippen molar-refractivity contribution >= 4 is 17.3 Å². The van der Waals surface area contributed by atoms with Gasteiger partial charge in [0, 0.05) is 37.3 Å². The summed E-state index contributed by atoms with van der Waals surface area (Å²) in [5.74, 6) is -0.192. The zero-order valence-electron chi connectivity index (χ0n) is 15.1. The number of nitro groups is 1. The molecule has 1 aliphatic rings. The van der Waals surface area contributed by atoms with E-state index in [9.17, 15) is 14.9 Å². The summed E-state index contributed by atoms with van der Waals surface area (Å²) >= 11 is 0. The molecule has 1 unspecified atom stereocenters. The van der Waals surface area contributed by atoms with E-state index in [1.165, 1.54) is 6.07 Å². The number of hydrogen-bond donors (Lipinski definition) is 2. The monoisotopic (exact) mass is 368 g/mol. The van der Waals surface area contributed by atoms with Gasteiger partial charge in [-0.05, 0) is 37.0 Å². The zero-order chi connectivity index (χ0) is 19.2. The van der Waals surface area contributed by atoms with Gasteiger partial charge in [0.15, 0.2) is 0 Å². The Labute approximate surface area is 158 Å². The van der Waals surface area contributed by atoms with Crippen molar-refractivity contribution in [3.05, 3.63) is 69.8 Å². The first-order valence-corrected chi connectivity index (χ1v) is 9.17. The zero-order valence-corrected chi connectivity index (χ0v) is 15.1. The number of nitrogens with one attached hydrogen (secondary N) is 1. The van der Waals surface area contributed by atoms with Gasteiger partial charge < -0.3 is 16.0 Å². The molecule has 3 rings (SSSR count). The molecule has 3 N–H and O–H groups in total. The van der Waals surface area contributed by atoms with E-state index >= 15 is 0 Å². The fraction of sp³-hybridized carbons (Fsp3) is 0.350. The first-order valence-electron chi connectivity index (χ1n) is 9.17. The highest BCUT2D eigenvalue weighted by atomic mass is 16.6. The van der Waals surface area contributed by atoms with Crippen molar-refractivity contribution in [3.63, 3.8) is 0 Å². The summed E-state index contributed by atoms with van der Waals surface area (Å²) in [6.07, 6.45) is 2.86. The maximum Gasteiger partial charge on any atom is 0.293 e. The summed E-state index contributed by atoms with van der Waals surface area (Å²) < 4.78 is 0. The van der Waals surface area contributed by atoms with E-state index in [0.29, 0.717) is 30.9 Å². The quantitative estimate of drug-likeness (QED) is 0.602. The smallest absolute Gasteiger partial charge is 0.293 e. The molecule has 1 atom stereocenters. The van der Waals surface area contributed by atoms with Crippen molar-refractivity contribution in [2.75, 3.05) is 18.4 Å². The van der Waals surface area contributed by atoms with Gasteiger partial charge in [-0.15, -0.1) is 0 Å². The minimum absolute atomic E-state index is 0.00110. The molecule has 0 aliphatic carbocycles. The second-order valence-electron chi connectivity index (χ2n) is 6.71. The van der Waals surface area contributed by atoms with Crippen molar-refractivity contribution in [1.29, 1.82) is 0 Å². The van der Waals surface area contributed by atoms with E-state index in [4.69, 9.17) is 5.73 Å². The molecule has 2 aromatic carbocycles. The molecule has 0 radical (unpaired) electrons. The lowest BCUT2D eigenvalue weighted by molar-refractivity contribution is -0.384. The minimum Gasteiger partial charge on any atom is -0.375 e. The van der Waals surface area contributed by atoms with E-state index < -0.39 is 4.92 Å². The van der Waals surface area contributed by atoms with Gasteiger partial charge in [0.25, 0.3) is 11.6 Å². The van der Waals surface area contributed by atoms with Crippen LogP contribution >= 0.6 is 0 Å². The first kappa shape index (κ1) is 18.8. The number of carbonyl (C=O) groups excluding carboxylic acids is 1. The van der Waals surface area contributed by atoms with E-state index in [-0.39, 0.29) is 17.6 Å². The largest absolute Gasteiger partial charge is 0.375 e. The fourth-order valence-electron chi connectivity index (χ4n) is 3.44. The third kappa shape index (κ3) is 4.43. The Hall–Kier alpha value is -2.93. The molecule has 2 aromatic rings. The predicted octanol–water partition coefficient (Wildman–Crippen LogP) is 3.16. The predicted molar refractivity (Wildman–Crippen MR) is 105 cm³/mol. The van der Waals surface area contributed by atoms with Gasteiger partial charge in [-0.3, -0.25) is 14.9 Å². The van der Waals surface area contributed by atoms with Crippen LogP contribution < -0.4 is 11.1 Å². The highest BCUT2D eigenvalue weighted by molar-refractivity contribution is 5.96. The van der Waals surface area contributed by atoms with Crippen LogP contribution in [0.4, 0.5) is 11.4 Å². The van der Waals surface area contributed by atoms with Gasteiger partial charge in [-0.1, -0.05) is 30.3 Å². The van der Waals surface area contributed by atoms with Crippen LogP contribution in [0.2, 0.25) is 0 Å². The number of rotatable bonds is 6. The Bertz CT molecular complexity index is 810. The lowest BCUT2D eigenvalue weighted by Crippen LogP contribution is -2.47. The number of nitrogens with zero attached hydrogens (tertiary/aromatic N) is 2. The van der Waals surface area contributed by atoms with Crippen LogP contribution in [0.3, 0.4) is 0 Å². The second kappa shape index (κ2) is 8.64. The standard InChI is InChI=1S/C20H24N4O3/c21-13-17-8-4-5-11-23(17)20(25)16-9-10-18(19(12-16)24(26)27)22-14-15-6-2-1-3-7-15/h1-3,6-7,9-10,12,17,22H,4-5,8,11,13-14,21H2. The fourth-order valence-corrected chi connectivity index (χ4v) is 3.44. The minimum atomic E-state index is -0.458. The average molecular weight is 368 g/mol. The van der Waals surface area contributed by atoms with Crippen molar-refractivity contribution in [1.82, 2.24) is 4.90 Å². The molecule has 1 aliphatic heterocycles. The Balaban J connectivity index is 1.80. The van der Waals surface area contributed by atoms with Crippen molar-refractivity contribution in [2.24, 2.45) is 5.73 Å². The summed E-state index contributed by atoms with van der Waals surface area (Å²) in [6, 6.07) is 14.3. The number of nitro benzene ring substituents is 1. The summed E-state index contributed by atoms with van der Waals surface area (Å²) in [7, 11) is 0. The number of benzene rings is 2. The molecular formula is C20H24N4O3. The molecule has 1 heterocycles. The molecule has 0 bridgehead atoms. The summed E-state index contributed by atoms with van der Waals surface area (Å²) in [4.78, 5) is 25.7. The van der Waals surface area contributed by atoms with Crippen LogP contribution in [-0.2, 0) is 6.54 Å². The highest BCUT2D eigenvalue weighted by Gasteiger charge is 2.28. The van der Waals surface area contributed by atoms with Gasteiger partial charge in [-0.2, -0.15) is 0 Å². The van der Waals surface area contributed by atoms with Crippen LogP contribution in [-0.4, -0.2) is 34.9 Å². The van der Waals surface area contributed by atoms with E-state index in [2.05, 4.69) is 5.32 Å². The molecule has 27 heavy (non-hydrogen) atoms. The first-order chi connectivity index (χ1) is 13.1. The Morgan fingerprint density at radius 1 is 1.22 bits per heavy atom. The summed E-state index contributed by atoms with van der Waals surface area (Å²) in [5, 5.41) is 14.6. The topological polar surface area (TPSA) is 102 Å². The van der Waals surface area contributed by atoms with Crippen LogP contribution in [0, 0.1) is 10.1 Å². The Morgan fingerprint density at radius 3 is 2.70 bits per heavy atom. The number of likely N-dealkylation sites (tertiary alicyclic amines) is 1. The molecule has 142 valence electrons. The number of nitrogens with two attached hydrogens (primary N) is 1. The summed E-state index contributed by atoms with van der Waals surface area (Å²) in [6.45, 7) is 1.52. The van der Waals surface area contributed by atoms with Crippen molar-refractivity contribution in [2.45, 2.75) is 31.8 Å². The van der Waals surface area contributed by atoms with Gasteiger partial charge in [-0.25, -0.2) is 0 Å². The summed E-state index contributed by atoms with van der Waals surface area (Å²) in [5.41, 5.74) is 7.44. The molecule has 1 saturated heterocycles. The van der Waals surface area contributed by atoms with E-state index in [0.717, 1.165) is 24.8 Å². The number of carbonyl (C=O) groups is 1. The second-order valence-corrected chi connectivity index (χ2v) is 6.71. The van der Waals surface area contributed by atoms with Crippen molar-refractivity contribution < 1.29 is 9.72 Å². The molecule has 0 saturated carbocycles. The lowest BCUT2D eigenvalue weighted by atomic mass is 10.0. The average Bonchev–Trinajstić information content (AvgIpc) is 2.72. The SMILES string of the molecule is NCC1CCCCN1C(=O)c1ccc(NCc2ccccc2)c([N+](=O)[O-])c1. The maximum atomic E-state index is 12.9. The van der Waals surface area contributed by atoms with Crippen LogP contribution in [0.15, 0.2) is 48.5 Å². The molecule has 0 aromatic heterocycles. The van der Waals surface area contributed by atoms with Gasteiger partial charge in [0.1, 0.15) is 5.69 Å². The Kier molecular flexibility index (Phi) is 6.03. The number of anilines is 1. The third-order valence-corrected chi connectivity index (χ3v) is 4.93. The van der Waals surface area contributed by atoms with Gasteiger partial charge in [0.05, 0.1) is 4.92 Å². The van der Waals surface area contributed by atoms with Crippen LogP contribution in [0.25, 0.3) is 0 Å². The highest BCUT2D eigenvalue weighted by Crippen LogP contribution is 2.28. The van der Waals surface area contributed by atoms with Crippen LogP contribution in [0.5, 0.6) is 0 Å². The maximum absolute atomic E-state index is 12.9. The third-order valence-electron chi connectivity index (χ3n) is 4.93. The number of amides is 1. The lowest BCUT2D eigenvalue weighted by Gasteiger charge is -2.35. The van der Waals surface area contributed by atoms with Gasteiger partial charge in [0.2, 0.25) is 0 Å². The molecule has 0 spiro atoms. The molecular weight excluding hydrogens is 344 g/mol. The normalized spacial score (nSPS) is 16.8.